The third kappa shape index (κ3) is 5.97. The summed E-state index contributed by atoms with van der Waals surface area (Å²) in [5, 5.41) is 33.3. The Kier molecular flexibility index (Phi) is 6.62. The molecule has 0 saturated heterocycles. The molecule has 0 aliphatic heterocycles. The number of hydrogen-bond donors (Lipinski definition) is 4. The third-order valence-corrected chi connectivity index (χ3v) is 1.98. The number of aliphatic hydroxyl groups is 2. The molecular formula is C12H16O6. The maximum absolute atomic E-state index is 10.3. The summed E-state index contributed by atoms with van der Waals surface area (Å²) in [5.74, 6) is -2.16. The lowest BCUT2D eigenvalue weighted by molar-refractivity contribution is -0.0731. The molecule has 0 radical (unpaired) electrons. The number of hydrogen-bond acceptors (Lipinski definition) is 4. The molecule has 6 heteroatoms. The van der Waals surface area contributed by atoms with Gasteiger partial charge in [-0.15, -0.1) is 0 Å². The van der Waals surface area contributed by atoms with Gasteiger partial charge < -0.3 is 20.4 Å². The summed E-state index contributed by atoms with van der Waals surface area (Å²) in [6.07, 6.45) is -1.15. The zero-order valence-electron chi connectivity index (χ0n) is 10.1. The molecule has 0 heterocycles. The van der Waals surface area contributed by atoms with Gasteiger partial charge in [0.05, 0.1) is 11.1 Å². The van der Waals surface area contributed by atoms with Gasteiger partial charge in [-0.25, -0.2) is 9.59 Å². The smallest absolute Gasteiger partial charge is 0.335 e. The molecule has 100 valence electrons. The summed E-state index contributed by atoms with van der Waals surface area (Å²) in [4.78, 5) is 20.7. The molecule has 0 unspecified atom stereocenters. The van der Waals surface area contributed by atoms with Crippen molar-refractivity contribution >= 4 is 11.9 Å². The molecule has 0 aliphatic carbocycles. The van der Waals surface area contributed by atoms with Crippen LogP contribution >= 0.6 is 0 Å². The SMILES string of the molecule is CC(C)C(O)O.O=C(O)c1ccc(C(=O)O)cc1. The van der Waals surface area contributed by atoms with Gasteiger partial charge in [0.25, 0.3) is 0 Å². The van der Waals surface area contributed by atoms with Crippen molar-refractivity contribution in [3.8, 4) is 0 Å². The molecule has 1 rings (SSSR count). The first-order chi connectivity index (χ1) is 8.25. The van der Waals surface area contributed by atoms with Gasteiger partial charge >= 0.3 is 11.9 Å². The summed E-state index contributed by atoms with van der Waals surface area (Å²) in [7, 11) is 0. The summed E-state index contributed by atoms with van der Waals surface area (Å²) in [5.41, 5.74) is 0.167. The molecule has 1 aromatic carbocycles. The summed E-state index contributed by atoms with van der Waals surface area (Å²) in [6.45, 7) is 3.48. The second-order valence-electron chi connectivity index (χ2n) is 3.85. The van der Waals surface area contributed by atoms with Crippen LogP contribution in [0.2, 0.25) is 0 Å². The summed E-state index contributed by atoms with van der Waals surface area (Å²) < 4.78 is 0. The first kappa shape index (κ1) is 16.1. The van der Waals surface area contributed by atoms with Gasteiger partial charge in [0.15, 0.2) is 6.29 Å². The average Bonchev–Trinajstić information content (AvgIpc) is 2.29. The number of carboxylic acid groups (broad SMARTS) is 2. The van der Waals surface area contributed by atoms with Gasteiger partial charge in [0.2, 0.25) is 0 Å². The van der Waals surface area contributed by atoms with Crippen molar-refractivity contribution in [1.82, 2.24) is 0 Å². The van der Waals surface area contributed by atoms with Crippen molar-refractivity contribution in [2.24, 2.45) is 5.92 Å². The second-order valence-corrected chi connectivity index (χ2v) is 3.85. The number of benzene rings is 1. The van der Waals surface area contributed by atoms with E-state index in [2.05, 4.69) is 0 Å². The highest BCUT2D eigenvalue weighted by atomic mass is 16.5. The Bertz CT molecular complexity index is 355. The number of aromatic carboxylic acids is 2. The fourth-order valence-corrected chi connectivity index (χ4v) is 0.755. The predicted octanol–water partition coefficient (Wildman–Crippen LogP) is 1.04. The van der Waals surface area contributed by atoms with Crippen molar-refractivity contribution in [3.63, 3.8) is 0 Å². The van der Waals surface area contributed by atoms with E-state index in [0.29, 0.717) is 0 Å². The minimum absolute atomic E-state index is 0.0370. The molecule has 4 N–H and O–H groups in total. The Morgan fingerprint density at radius 2 is 1.11 bits per heavy atom. The zero-order chi connectivity index (χ0) is 14.3. The van der Waals surface area contributed by atoms with Crippen molar-refractivity contribution in [3.05, 3.63) is 35.4 Å². The van der Waals surface area contributed by atoms with Crippen LogP contribution in [-0.2, 0) is 0 Å². The monoisotopic (exact) mass is 256 g/mol. The van der Waals surface area contributed by atoms with Gasteiger partial charge in [-0.1, -0.05) is 13.8 Å². The quantitative estimate of drug-likeness (QED) is 0.600. The van der Waals surface area contributed by atoms with Gasteiger partial charge in [-0.05, 0) is 24.3 Å². The van der Waals surface area contributed by atoms with Crippen molar-refractivity contribution in [2.45, 2.75) is 20.1 Å². The fraction of sp³-hybridized carbons (Fsp3) is 0.333. The van der Waals surface area contributed by atoms with E-state index in [9.17, 15) is 9.59 Å². The Morgan fingerprint density at radius 1 is 0.889 bits per heavy atom. The average molecular weight is 256 g/mol. The molecule has 18 heavy (non-hydrogen) atoms. The van der Waals surface area contributed by atoms with Gasteiger partial charge in [-0.3, -0.25) is 0 Å². The van der Waals surface area contributed by atoms with Crippen LogP contribution in [0.5, 0.6) is 0 Å². The van der Waals surface area contributed by atoms with E-state index in [0.717, 1.165) is 0 Å². The highest BCUT2D eigenvalue weighted by molar-refractivity contribution is 5.91. The zero-order valence-corrected chi connectivity index (χ0v) is 10.1. The fourth-order valence-electron chi connectivity index (χ4n) is 0.755. The molecule has 1 aromatic rings. The van der Waals surface area contributed by atoms with E-state index in [-0.39, 0.29) is 17.0 Å². The largest absolute Gasteiger partial charge is 0.478 e. The van der Waals surface area contributed by atoms with Crippen LogP contribution in [0, 0.1) is 5.92 Å². The van der Waals surface area contributed by atoms with E-state index < -0.39 is 18.2 Å². The van der Waals surface area contributed by atoms with Crippen LogP contribution in [0.25, 0.3) is 0 Å². The van der Waals surface area contributed by atoms with Crippen molar-refractivity contribution in [1.29, 1.82) is 0 Å². The molecular weight excluding hydrogens is 240 g/mol. The third-order valence-electron chi connectivity index (χ3n) is 1.98. The molecule has 0 fully saturated rings. The summed E-state index contributed by atoms with van der Waals surface area (Å²) >= 11 is 0. The van der Waals surface area contributed by atoms with Crippen LogP contribution in [0.1, 0.15) is 34.6 Å². The Morgan fingerprint density at radius 3 is 1.22 bits per heavy atom. The molecule has 0 atom stereocenters. The van der Waals surface area contributed by atoms with Crippen LogP contribution < -0.4 is 0 Å². The van der Waals surface area contributed by atoms with Crippen LogP contribution in [0.3, 0.4) is 0 Å². The minimum Gasteiger partial charge on any atom is -0.478 e. The van der Waals surface area contributed by atoms with E-state index in [4.69, 9.17) is 20.4 Å². The Balaban J connectivity index is 0.000000411. The topological polar surface area (TPSA) is 115 Å². The maximum atomic E-state index is 10.3. The second kappa shape index (κ2) is 7.41. The summed E-state index contributed by atoms with van der Waals surface area (Å²) in [6, 6.07) is 5.02. The minimum atomic E-state index is -1.15. The van der Waals surface area contributed by atoms with Gasteiger partial charge in [0, 0.05) is 5.92 Å². The lowest BCUT2D eigenvalue weighted by Crippen LogP contribution is -2.11. The molecule has 0 aliphatic rings. The van der Waals surface area contributed by atoms with E-state index in [1.165, 1.54) is 24.3 Å². The van der Waals surface area contributed by atoms with Crippen LogP contribution in [0.4, 0.5) is 0 Å². The Labute approximate surface area is 104 Å². The molecule has 0 bridgehead atoms. The normalized spacial score (nSPS) is 9.89. The van der Waals surface area contributed by atoms with E-state index >= 15 is 0 Å². The number of carbonyl (C=O) groups is 2. The number of carboxylic acids is 2. The van der Waals surface area contributed by atoms with Gasteiger partial charge in [-0.2, -0.15) is 0 Å². The molecule has 0 saturated carbocycles. The predicted molar refractivity (Wildman–Crippen MR) is 63.4 cm³/mol. The maximum Gasteiger partial charge on any atom is 0.335 e. The lowest BCUT2D eigenvalue weighted by atomic mass is 10.1. The van der Waals surface area contributed by atoms with Gasteiger partial charge in [0.1, 0.15) is 0 Å². The first-order valence-corrected chi connectivity index (χ1v) is 5.18. The van der Waals surface area contributed by atoms with E-state index in [1.54, 1.807) is 13.8 Å². The van der Waals surface area contributed by atoms with E-state index in [1.807, 2.05) is 0 Å². The highest BCUT2D eigenvalue weighted by Gasteiger charge is 2.04. The lowest BCUT2D eigenvalue weighted by Gasteiger charge is -2.03. The standard InChI is InChI=1S/C8H6O4.C4H10O2/c9-7(10)5-1-2-6(4-3-5)8(11)12;1-3(2)4(5)6/h1-4H,(H,9,10)(H,11,12);3-6H,1-2H3. The van der Waals surface area contributed by atoms with Crippen molar-refractivity contribution < 1.29 is 30.0 Å². The van der Waals surface area contributed by atoms with Crippen LogP contribution in [-0.4, -0.2) is 38.7 Å². The molecule has 0 amide bonds. The first-order valence-electron chi connectivity index (χ1n) is 5.18. The Hall–Kier alpha value is -1.92. The highest BCUT2D eigenvalue weighted by Crippen LogP contribution is 2.03. The molecule has 6 nitrogen and oxygen atoms in total. The van der Waals surface area contributed by atoms with Crippen LogP contribution in [0.15, 0.2) is 24.3 Å². The molecule has 0 aromatic heterocycles. The molecule has 0 spiro atoms. The van der Waals surface area contributed by atoms with Crippen molar-refractivity contribution in [2.75, 3.05) is 0 Å². The number of aliphatic hydroxyl groups excluding tert-OH is 1. The number of rotatable bonds is 3.